The maximum Gasteiger partial charge on any atom is 0.0829 e. The summed E-state index contributed by atoms with van der Waals surface area (Å²) in [6.07, 6.45) is 6.83. The molecule has 1 heterocycles. The molecule has 0 aliphatic rings. The van der Waals surface area contributed by atoms with Gasteiger partial charge in [0.1, 0.15) is 0 Å². The number of aromatic nitrogens is 3. The first-order valence-electron chi connectivity index (χ1n) is 6.54. The van der Waals surface area contributed by atoms with Crippen LogP contribution < -0.4 is 0 Å². The third-order valence-electron chi connectivity index (χ3n) is 3.17. The van der Waals surface area contributed by atoms with Gasteiger partial charge in [-0.3, -0.25) is 4.68 Å². The van der Waals surface area contributed by atoms with Gasteiger partial charge >= 0.3 is 0 Å². The van der Waals surface area contributed by atoms with Crippen molar-refractivity contribution in [3.63, 3.8) is 0 Å². The molecule has 0 saturated heterocycles. The van der Waals surface area contributed by atoms with Crippen LogP contribution in [0, 0.1) is 11.8 Å². The second-order valence-corrected chi connectivity index (χ2v) is 5.04. The quantitative estimate of drug-likeness (QED) is 0.710. The normalized spacial score (nSPS) is 11.6. The Morgan fingerprint density at radius 3 is 2.50 bits per heavy atom. The van der Waals surface area contributed by atoms with Gasteiger partial charge in [0.05, 0.1) is 5.69 Å². The maximum atomic E-state index is 4.24. The lowest BCUT2D eigenvalue weighted by molar-refractivity contribution is 0.478. The first-order chi connectivity index (χ1) is 7.65. The minimum absolute atomic E-state index is 0.728. The van der Waals surface area contributed by atoms with Gasteiger partial charge in [-0.1, -0.05) is 45.7 Å². The summed E-state index contributed by atoms with van der Waals surface area (Å²) in [5.74, 6) is 1.49. The van der Waals surface area contributed by atoms with E-state index in [1.54, 1.807) is 0 Å². The topological polar surface area (TPSA) is 30.7 Å². The molecule has 0 aromatic carbocycles. The van der Waals surface area contributed by atoms with Crippen molar-refractivity contribution in [1.82, 2.24) is 15.0 Å². The smallest absolute Gasteiger partial charge is 0.0829 e. The predicted octanol–water partition coefficient (Wildman–Crippen LogP) is 3.30. The summed E-state index contributed by atoms with van der Waals surface area (Å²) < 4.78 is 1.98. The van der Waals surface area contributed by atoms with E-state index >= 15 is 0 Å². The summed E-state index contributed by atoms with van der Waals surface area (Å²) in [6, 6.07) is 0. The number of rotatable bonds is 7. The molecule has 0 atom stereocenters. The molecule has 0 aliphatic carbocycles. The van der Waals surface area contributed by atoms with Gasteiger partial charge in [-0.15, -0.1) is 5.10 Å². The van der Waals surface area contributed by atoms with E-state index in [2.05, 4.69) is 44.2 Å². The monoisotopic (exact) mass is 223 g/mol. The Balaban J connectivity index is 2.44. The van der Waals surface area contributed by atoms with Crippen LogP contribution in [0.4, 0.5) is 0 Å². The fourth-order valence-electron chi connectivity index (χ4n) is 1.80. The number of hydrogen-bond donors (Lipinski definition) is 0. The van der Waals surface area contributed by atoms with Crippen LogP contribution in [0.5, 0.6) is 0 Å². The molecule has 1 aromatic heterocycles. The fraction of sp³-hybridized carbons (Fsp3) is 0.846. The van der Waals surface area contributed by atoms with Crippen molar-refractivity contribution in [3.05, 3.63) is 11.9 Å². The summed E-state index contributed by atoms with van der Waals surface area (Å²) in [6.45, 7) is 9.96. The van der Waals surface area contributed by atoms with Gasteiger partial charge in [0.2, 0.25) is 0 Å². The lowest BCUT2D eigenvalue weighted by Crippen LogP contribution is -2.02. The molecule has 0 unspecified atom stereocenters. The molecule has 0 saturated carbocycles. The summed E-state index contributed by atoms with van der Waals surface area (Å²) in [5.41, 5.74) is 1.15. The summed E-state index contributed by atoms with van der Waals surface area (Å²) in [7, 11) is 0. The second-order valence-electron chi connectivity index (χ2n) is 5.04. The summed E-state index contributed by atoms with van der Waals surface area (Å²) >= 11 is 0. The van der Waals surface area contributed by atoms with Crippen LogP contribution in [0.3, 0.4) is 0 Å². The molecule has 0 fully saturated rings. The molecule has 0 bridgehead atoms. The van der Waals surface area contributed by atoms with Crippen LogP contribution in [-0.2, 0) is 13.0 Å². The zero-order valence-corrected chi connectivity index (χ0v) is 11.1. The highest BCUT2D eigenvalue weighted by Gasteiger charge is 2.08. The van der Waals surface area contributed by atoms with Gasteiger partial charge in [0.15, 0.2) is 0 Å². The molecule has 0 radical (unpaired) electrons. The van der Waals surface area contributed by atoms with Crippen LogP contribution in [0.1, 0.15) is 52.7 Å². The van der Waals surface area contributed by atoms with Crippen molar-refractivity contribution in [1.29, 1.82) is 0 Å². The Labute approximate surface area is 99.2 Å². The summed E-state index contributed by atoms with van der Waals surface area (Å²) in [4.78, 5) is 0. The van der Waals surface area contributed by atoms with Gasteiger partial charge in [-0.25, -0.2) is 0 Å². The van der Waals surface area contributed by atoms with Gasteiger partial charge in [-0.2, -0.15) is 0 Å². The van der Waals surface area contributed by atoms with Crippen molar-refractivity contribution in [2.24, 2.45) is 11.8 Å². The van der Waals surface area contributed by atoms with Crippen molar-refractivity contribution in [3.8, 4) is 0 Å². The SMILES string of the molecule is CCC(CC)Cc1cn(CCC(C)C)nn1. The van der Waals surface area contributed by atoms with E-state index < -0.39 is 0 Å². The Kier molecular flexibility index (Phi) is 5.50. The molecule has 0 amide bonds. The molecule has 3 nitrogen and oxygen atoms in total. The van der Waals surface area contributed by atoms with Gasteiger partial charge in [-0.05, 0) is 24.7 Å². The molecular weight excluding hydrogens is 198 g/mol. The lowest BCUT2D eigenvalue weighted by atomic mass is 9.98. The Morgan fingerprint density at radius 1 is 1.25 bits per heavy atom. The fourth-order valence-corrected chi connectivity index (χ4v) is 1.80. The van der Waals surface area contributed by atoms with Crippen LogP contribution in [-0.4, -0.2) is 15.0 Å². The highest BCUT2D eigenvalue weighted by atomic mass is 15.4. The highest BCUT2D eigenvalue weighted by Crippen LogP contribution is 2.13. The molecule has 0 N–H and O–H groups in total. The average Bonchev–Trinajstić information content (AvgIpc) is 2.70. The largest absolute Gasteiger partial charge is 0.252 e. The van der Waals surface area contributed by atoms with Crippen LogP contribution >= 0.6 is 0 Å². The van der Waals surface area contributed by atoms with E-state index in [9.17, 15) is 0 Å². The summed E-state index contributed by atoms with van der Waals surface area (Å²) in [5, 5.41) is 8.42. The molecule has 0 aliphatic heterocycles. The zero-order valence-electron chi connectivity index (χ0n) is 11.1. The molecule has 0 spiro atoms. The van der Waals surface area contributed by atoms with E-state index in [-0.39, 0.29) is 0 Å². The predicted molar refractivity (Wildman–Crippen MR) is 67.3 cm³/mol. The van der Waals surface area contributed by atoms with Crippen molar-refractivity contribution >= 4 is 0 Å². The average molecular weight is 223 g/mol. The first kappa shape index (κ1) is 13.2. The Bertz CT molecular complexity index is 287. The maximum absolute atomic E-state index is 4.24. The third-order valence-corrected chi connectivity index (χ3v) is 3.17. The third kappa shape index (κ3) is 4.33. The van der Waals surface area contributed by atoms with E-state index in [1.807, 2.05) is 4.68 Å². The minimum Gasteiger partial charge on any atom is -0.252 e. The van der Waals surface area contributed by atoms with Crippen LogP contribution in [0.15, 0.2) is 6.20 Å². The van der Waals surface area contributed by atoms with Gasteiger partial charge in [0.25, 0.3) is 0 Å². The van der Waals surface area contributed by atoms with Crippen molar-refractivity contribution in [2.75, 3.05) is 0 Å². The van der Waals surface area contributed by atoms with Crippen LogP contribution in [0.25, 0.3) is 0 Å². The zero-order chi connectivity index (χ0) is 12.0. The lowest BCUT2D eigenvalue weighted by Gasteiger charge is -2.08. The number of aryl methyl sites for hydroxylation is 1. The van der Waals surface area contributed by atoms with E-state index in [4.69, 9.17) is 0 Å². The molecule has 1 rings (SSSR count). The molecule has 16 heavy (non-hydrogen) atoms. The van der Waals surface area contributed by atoms with Gasteiger partial charge in [0, 0.05) is 12.7 Å². The number of nitrogens with zero attached hydrogens (tertiary/aromatic N) is 3. The van der Waals surface area contributed by atoms with E-state index in [1.165, 1.54) is 19.3 Å². The first-order valence-corrected chi connectivity index (χ1v) is 6.54. The van der Waals surface area contributed by atoms with Gasteiger partial charge < -0.3 is 0 Å². The molecule has 3 heteroatoms. The standard InChI is InChI=1S/C13H25N3/c1-5-12(6-2)9-13-10-16(15-14-13)8-7-11(3)4/h10-12H,5-9H2,1-4H3. The molecular formula is C13H25N3. The van der Waals surface area contributed by atoms with E-state index in [0.717, 1.165) is 30.5 Å². The molecule has 92 valence electrons. The number of hydrogen-bond acceptors (Lipinski definition) is 2. The van der Waals surface area contributed by atoms with E-state index in [0.29, 0.717) is 0 Å². The minimum atomic E-state index is 0.728. The van der Waals surface area contributed by atoms with Crippen molar-refractivity contribution in [2.45, 2.75) is 59.9 Å². The Hall–Kier alpha value is -0.860. The van der Waals surface area contributed by atoms with Crippen LogP contribution in [0.2, 0.25) is 0 Å². The van der Waals surface area contributed by atoms with Crippen molar-refractivity contribution < 1.29 is 0 Å². The molecule has 1 aromatic rings. The Morgan fingerprint density at radius 2 is 1.94 bits per heavy atom. The second kappa shape index (κ2) is 6.66. The highest BCUT2D eigenvalue weighted by molar-refractivity contribution is 4.93.